The highest BCUT2D eigenvalue weighted by atomic mass is 19.1. The lowest BCUT2D eigenvalue weighted by Gasteiger charge is -2.18. The van der Waals surface area contributed by atoms with E-state index in [-0.39, 0.29) is 17.2 Å². The molecular weight excluding hydrogens is 225 g/mol. The van der Waals surface area contributed by atoms with Crippen LogP contribution in [0.15, 0.2) is 18.2 Å². The van der Waals surface area contributed by atoms with E-state index in [1.54, 1.807) is 19.9 Å². The number of halogens is 1. The molecule has 1 rings (SSSR count). The third kappa shape index (κ3) is 3.18. The SMILES string of the molecule is CC(C)C(Oc1ccc(C#N)c(F)c1)C(=O)O. The molecule has 1 aromatic carbocycles. The molecule has 0 saturated heterocycles. The molecule has 1 aromatic rings. The monoisotopic (exact) mass is 237 g/mol. The van der Waals surface area contributed by atoms with Crippen LogP contribution in [0.1, 0.15) is 19.4 Å². The highest BCUT2D eigenvalue weighted by Gasteiger charge is 2.23. The standard InChI is InChI=1S/C12H12FNO3/c1-7(2)11(12(15)16)17-9-4-3-8(6-14)10(13)5-9/h3-5,7,11H,1-2H3,(H,15,16). The molecule has 90 valence electrons. The number of aliphatic carboxylic acids is 1. The molecule has 4 nitrogen and oxygen atoms in total. The van der Waals surface area contributed by atoms with Gasteiger partial charge in [-0.1, -0.05) is 13.8 Å². The molecule has 1 atom stereocenters. The van der Waals surface area contributed by atoms with Gasteiger partial charge < -0.3 is 9.84 Å². The quantitative estimate of drug-likeness (QED) is 0.871. The predicted octanol–water partition coefficient (Wildman–Crippen LogP) is 2.19. The first kappa shape index (κ1) is 13.0. The Balaban J connectivity index is 2.92. The highest BCUT2D eigenvalue weighted by Crippen LogP contribution is 2.19. The van der Waals surface area contributed by atoms with Gasteiger partial charge >= 0.3 is 5.97 Å². The Morgan fingerprint density at radius 2 is 2.18 bits per heavy atom. The third-order valence-electron chi connectivity index (χ3n) is 2.17. The maximum Gasteiger partial charge on any atom is 0.345 e. The zero-order chi connectivity index (χ0) is 13.0. The molecule has 0 aliphatic heterocycles. The van der Waals surface area contributed by atoms with Crippen LogP contribution in [0.4, 0.5) is 4.39 Å². The second-order valence-corrected chi connectivity index (χ2v) is 3.87. The number of ether oxygens (including phenoxy) is 1. The van der Waals surface area contributed by atoms with Crippen LogP contribution in [0.3, 0.4) is 0 Å². The Hall–Kier alpha value is -2.09. The topological polar surface area (TPSA) is 70.3 Å². The maximum atomic E-state index is 13.3. The van der Waals surface area contributed by atoms with Crippen molar-refractivity contribution in [3.63, 3.8) is 0 Å². The lowest BCUT2D eigenvalue weighted by Crippen LogP contribution is -2.32. The van der Waals surface area contributed by atoms with E-state index in [1.165, 1.54) is 12.1 Å². The van der Waals surface area contributed by atoms with Crippen LogP contribution in [0.2, 0.25) is 0 Å². The fourth-order valence-corrected chi connectivity index (χ4v) is 1.28. The summed E-state index contributed by atoms with van der Waals surface area (Å²) in [6.07, 6.45) is -1.04. The zero-order valence-electron chi connectivity index (χ0n) is 9.48. The molecular formula is C12H12FNO3. The van der Waals surface area contributed by atoms with Crippen LogP contribution in [-0.2, 0) is 4.79 Å². The van der Waals surface area contributed by atoms with Crippen LogP contribution >= 0.6 is 0 Å². The number of benzene rings is 1. The van der Waals surface area contributed by atoms with Crippen LogP contribution in [0, 0.1) is 23.1 Å². The smallest absolute Gasteiger partial charge is 0.345 e. The average molecular weight is 237 g/mol. The predicted molar refractivity (Wildman–Crippen MR) is 58.0 cm³/mol. The Labute approximate surface area is 98.2 Å². The van der Waals surface area contributed by atoms with Crippen molar-refractivity contribution < 1.29 is 19.0 Å². The summed E-state index contributed by atoms with van der Waals surface area (Å²) in [5, 5.41) is 17.4. The van der Waals surface area contributed by atoms with Crippen molar-refractivity contribution >= 4 is 5.97 Å². The first-order valence-corrected chi connectivity index (χ1v) is 5.04. The van der Waals surface area contributed by atoms with Crippen LogP contribution in [0.5, 0.6) is 5.75 Å². The number of nitriles is 1. The van der Waals surface area contributed by atoms with E-state index in [0.717, 1.165) is 6.07 Å². The van der Waals surface area contributed by atoms with E-state index in [9.17, 15) is 9.18 Å². The number of carboxylic acid groups (broad SMARTS) is 1. The molecule has 0 radical (unpaired) electrons. The van der Waals surface area contributed by atoms with Gasteiger partial charge in [-0.25, -0.2) is 9.18 Å². The molecule has 0 fully saturated rings. The molecule has 0 heterocycles. The molecule has 0 aliphatic carbocycles. The molecule has 5 heteroatoms. The fourth-order valence-electron chi connectivity index (χ4n) is 1.28. The van der Waals surface area contributed by atoms with Gasteiger partial charge in [-0.2, -0.15) is 5.26 Å². The fraction of sp³-hybridized carbons (Fsp3) is 0.333. The van der Waals surface area contributed by atoms with E-state index in [4.69, 9.17) is 15.1 Å². The highest BCUT2D eigenvalue weighted by molar-refractivity contribution is 5.73. The lowest BCUT2D eigenvalue weighted by molar-refractivity contribution is -0.147. The lowest BCUT2D eigenvalue weighted by atomic mass is 10.1. The van der Waals surface area contributed by atoms with Crippen molar-refractivity contribution in [1.82, 2.24) is 0 Å². The van der Waals surface area contributed by atoms with Gasteiger partial charge in [0, 0.05) is 12.0 Å². The molecule has 0 aliphatic rings. The summed E-state index contributed by atoms with van der Waals surface area (Å²) in [7, 11) is 0. The Morgan fingerprint density at radius 3 is 2.59 bits per heavy atom. The largest absolute Gasteiger partial charge is 0.478 e. The van der Waals surface area contributed by atoms with Crippen molar-refractivity contribution in [2.75, 3.05) is 0 Å². The van der Waals surface area contributed by atoms with E-state index < -0.39 is 17.9 Å². The maximum absolute atomic E-state index is 13.3. The van der Waals surface area contributed by atoms with Crippen molar-refractivity contribution in [1.29, 1.82) is 5.26 Å². The summed E-state index contributed by atoms with van der Waals surface area (Å²) in [6.45, 7) is 3.39. The summed E-state index contributed by atoms with van der Waals surface area (Å²) in [4.78, 5) is 10.9. The van der Waals surface area contributed by atoms with Crippen LogP contribution in [0.25, 0.3) is 0 Å². The van der Waals surface area contributed by atoms with Crippen molar-refractivity contribution in [3.05, 3.63) is 29.6 Å². The summed E-state index contributed by atoms with van der Waals surface area (Å²) in [6, 6.07) is 5.31. The minimum absolute atomic E-state index is 0.0996. The van der Waals surface area contributed by atoms with E-state index in [1.807, 2.05) is 0 Å². The van der Waals surface area contributed by atoms with Crippen LogP contribution < -0.4 is 4.74 Å². The van der Waals surface area contributed by atoms with Gasteiger partial charge in [0.05, 0.1) is 5.56 Å². The van der Waals surface area contributed by atoms with Crippen molar-refractivity contribution in [3.8, 4) is 11.8 Å². The number of nitrogens with zero attached hydrogens (tertiary/aromatic N) is 1. The van der Waals surface area contributed by atoms with Gasteiger partial charge in [-0.05, 0) is 12.1 Å². The minimum atomic E-state index is -1.11. The van der Waals surface area contributed by atoms with Gasteiger partial charge in [0.25, 0.3) is 0 Å². The van der Waals surface area contributed by atoms with Gasteiger partial charge in [-0.3, -0.25) is 0 Å². The van der Waals surface area contributed by atoms with Gasteiger partial charge in [0.15, 0.2) is 6.10 Å². The zero-order valence-corrected chi connectivity index (χ0v) is 9.48. The Bertz CT molecular complexity index is 465. The molecule has 1 N–H and O–H groups in total. The molecule has 0 aromatic heterocycles. The van der Waals surface area contributed by atoms with E-state index >= 15 is 0 Å². The minimum Gasteiger partial charge on any atom is -0.478 e. The van der Waals surface area contributed by atoms with Crippen LogP contribution in [-0.4, -0.2) is 17.2 Å². The second kappa shape index (κ2) is 5.30. The van der Waals surface area contributed by atoms with Gasteiger partial charge in [-0.15, -0.1) is 0 Å². The Kier molecular flexibility index (Phi) is 4.05. The summed E-state index contributed by atoms with van der Waals surface area (Å²) >= 11 is 0. The molecule has 0 spiro atoms. The molecule has 17 heavy (non-hydrogen) atoms. The molecule has 1 unspecified atom stereocenters. The van der Waals surface area contributed by atoms with E-state index in [0.29, 0.717) is 0 Å². The van der Waals surface area contributed by atoms with Crippen molar-refractivity contribution in [2.24, 2.45) is 5.92 Å². The average Bonchev–Trinajstić information content (AvgIpc) is 2.25. The van der Waals surface area contributed by atoms with E-state index in [2.05, 4.69) is 0 Å². The molecule has 0 bridgehead atoms. The normalized spacial score (nSPS) is 11.9. The number of carbonyl (C=O) groups is 1. The third-order valence-corrected chi connectivity index (χ3v) is 2.17. The first-order chi connectivity index (χ1) is 7.95. The number of hydrogen-bond acceptors (Lipinski definition) is 3. The molecule has 0 saturated carbocycles. The van der Waals surface area contributed by atoms with Crippen molar-refractivity contribution in [2.45, 2.75) is 20.0 Å². The number of carboxylic acids is 1. The molecule has 0 amide bonds. The first-order valence-electron chi connectivity index (χ1n) is 5.04. The summed E-state index contributed by atoms with van der Waals surface area (Å²) < 4.78 is 18.4. The summed E-state index contributed by atoms with van der Waals surface area (Å²) in [5.41, 5.74) is -0.103. The number of rotatable bonds is 4. The summed E-state index contributed by atoms with van der Waals surface area (Å²) in [5.74, 6) is -1.98. The second-order valence-electron chi connectivity index (χ2n) is 3.87. The Morgan fingerprint density at radius 1 is 1.53 bits per heavy atom. The number of hydrogen-bond donors (Lipinski definition) is 1. The van der Waals surface area contributed by atoms with Gasteiger partial charge in [0.1, 0.15) is 17.6 Å². The van der Waals surface area contributed by atoms with Gasteiger partial charge in [0.2, 0.25) is 0 Å².